The number of likely N-dealkylation sites (tertiary alicyclic amines) is 1. The molecule has 3 aromatic rings. The fourth-order valence-electron chi connectivity index (χ4n) is 6.53. The van der Waals surface area contributed by atoms with Crippen LogP contribution >= 0.6 is 23.2 Å². The highest BCUT2D eigenvalue weighted by molar-refractivity contribution is 6.41. The van der Waals surface area contributed by atoms with Gasteiger partial charge in [0.15, 0.2) is 0 Å². The Kier molecular flexibility index (Phi) is 8.60. The number of fused-ring (bicyclic) bond motifs is 4. The topological polar surface area (TPSA) is 127 Å². The third-order valence-electron chi connectivity index (χ3n) is 8.33. The second kappa shape index (κ2) is 12.1. The summed E-state index contributed by atoms with van der Waals surface area (Å²) in [4.78, 5) is 33.0. The molecule has 1 spiro atoms. The van der Waals surface area contributed by atoms with Gasteiger partial charge in [-0.1, -0.05) is 35.3 Å². The maximum absolute atomic E-state index is 13.2. The van der Waals surface area contributed by atoms with Crippen LogP contribution in [0.2, 0.25) is 10.0 Å². The SMILES string of the molecule is CN(N)/C=C(\N)F.COc1nccc2ccc(C)c(-c3c(Cl)cc4c(c3Cl)OCC3N(C4)C(=O)CC34CCCN4C=O)c12. The lowest BCUT2D eigenvalue weighted by Gasteiger charge is -2.38. The van der Waals surface area contributed by atoms with Crippen molar-refractivity contribution in [2.75, 3.05) is 27.3 Å². The molecule has 3 aliphatic heterocycles. The summed E-state index contributed by atoms with van der Waals surface area (Å²) in [7, 11) is 3.06. The first-order valence-corrected chi connectivity index (χ1v) is 14.5. The fraction of sp³-hybridized carbons (Fsp3) is 0.367. The molecular weight excluding hydrogens is 598 g/mol. The van der Waals surface area contributed by atoms with Crippen LogP contribution in [0.3, 0.4) is 0 Å². The number of aromatic nitrogens is 1. The Bertz CT molecular complexity index is 1620. The minimum absolute atomic E-state index is 0.0160. The van der Waals surface area contributed by atoms with Crippen molar-refractivity contribution in [3.63, 3.8) is 0 Å². The average Bonchev–Trinajstić information content (AvgIpc) is 3.39. The standard InChI is InChI=1S/C27H25Cl2N3O4.C3H8FN3/c1-15-4-5-16-6-8-30-26(35-2)22(16)21(15)23-18(28)10-17-12-32-19(13-36-25(17)24(23)29)27(11-20(32)34)7-3-9-31(27)14-33;1-7(6)2-3(4)5/h4-6,8,10,14,19H,3,7,9,11-13H2,1-2H3;2H,5-6H2,1H3/b;3-2-. The zero-order valence-electron chi connectivity index (χ0n) is 24.1. The number of halogens is 3. The molecular formula is C30H33Cl2FN6O4. The number of nitrogens with two attached hydrogens (primary N) is 2. The highest BCUT2D eigenvalue weighted by Gasteiger charge is 2.57. The second-order valence-corrected chi connectivity index (χ2v) is 11.7. The minimum Gasteiger partial charge on any atom is -0.489 e. The highest BCUT2D eigenvalue weighted by atomic mass is 35.5. The van der Waals surface area contributed by atoms with Crippen LogP contribution in [0.5, 0.6) is 11.6 Å². The number of hydrogen-bond donors (Lipinski definition) is 2. The van der Waals surface area contributed by atoms with E-state index in [0.717, 1.165) is 57.9 Å². The van der Waals surface area contributed by atoms with Gasteiger partial charge in [0.05, 0.1) is 46.7 Å². The van der Waals surface area contributed by atoms with Gasteiger partial charge in [0.1, 0.15) is 12.4 Å². The van der Waals surface area contributed by atoms with Crippen LogP contribution in [0.1, 0.15) is 30.4 Å². The number of methoxy groups -OCH3 is 1. The molecule has 228 valence electrons. The van der Waals surface area contributed by atoms with E-state index in [4.69, 9.17) is 38.5 Å². The molecule has 4 N–H and O–H groups in total. The van der Waals surface area contributed by atoms with Crippen molar-refractivity contribution in [1.29, 1.82) is 0 Å². The Morgan fingerprint density at radius 3 is 2.72 bits per heavy atom. The van der Waals surface area contributed by atoms with Crippen LogP contribution in [-0.4, -0.2) is 71.0 Å². The quantitative estimate of drug-likeness (QED) is 0.186. The smallest absolute Gasteiger partial charge is 0.225 e. The molecule has 0 radical (unpaired) electrons. The number of hydrazine groups is 1. The third kappa shape index (κ3) is 5.41. The Morgan fingerprint density at radius 2 is 2.07 bits per heavy atom. The van der Waals surface area contributed by atoms with Gasteiger partial charge in [0.2, 0.25) is 24.1 Å². The highest BCUT2D eigenvalue weighted by Crippen LogP contribution is 2.51. The molecule has 3 aliphatic rings. The van der Waals surface area contributed by atoms with Crippen LogP contribution in [0.15, 0.2) is 42.6 Å². The summed E-state index contributed by atoms with van der Waals surface area (Å²) in [6.07, 6.45) is 5.51. The predicted octanol–water partition coefficient (Wildman–Crippen LogP) is 4.53. The number of carbonyl (C=O) groups is 2. The van der Waals surface area contributed by atoms with Gasteiger partial charge in [-0.2, -0.15) is 4.39 Å². The first-order valence-electron chi connectivity index (χ1n) is 13.7. The van der Waals surface area contributed by atoms with Crippen LogP contribution in [0, 0.1) is 6.92 Å². The Hall–Kier alpha value is -3.80. The normalized spacial score (nSPS) is 21.1. The number of amides is 2. The lowest BCUT2D eigenvalue weighted by molar-refractivity contribution is -0.129. The molecule has 43 heavy (non-hydrogen) atoms. The van der Waals surface area contributed by atoms with Crippen LogP contribution in [0.25, 0.3) is 21.9 Å². The first kappa shape index (κ1) is 30.7. The van der Waals surface area contributed by atoms with Gasteiger partial charge in [-0.05, 0) is 42.8 Å². The van der Waals surface area contributed by atoms with Crippen molar-refractivity contribution in [3.05, 3.63) is 63.8 Å². The maximum Gasteiger partial charge on any atom is 0.225 e. The van der Waals surface area contributed by atoms with Gasteiger partial charge >= 0.3 is 0 Å². The molecule has 1 aromatic heterocycles. The lowest BCUT2D eigenvalue weighted by Crippen LogP contribution is -2.54. The predicted molar refractivity (Wildman–Crippen MR) is 163 cm³/mol. The largest absolute Gasteiger partial charge is 0.489 e. The second-order valence-electron chi connectivity index (χ2n) is 10.9. The molecule has 2 fully saturated rings. The monoisotopic (exact) mass is 630 g/mol. The van der Waals surface area contributed by atoms with Crippen molar-refractivity contribution in [2.45, 2.75) is 44.3 Å². The van der Waals surface area contributed by atoms with Gasteiger partial charge in [0.25, 0.3) is 0 Å². The summed E-state index contributed by atoms with van der Waals surface area (Å²) in [6, 6.07) is 7.55. The first-order chi connectivity index (χ1) is 20.5. The molecule has 2 unspecified atom stereocenters. The van der Waals surface area contributed by atoms with Gasteiger partial charge in [0, 0.05) is 43.0 Å². The summed E-state index contributed by atoms with van der Waals surface area (Å²) < 4.78 is 23.4. The van der Waals surface area contributed by atoms with E-state index in [2.05, 4.69) is 10.7 Å². The molecule has 13 heteroatoms. The molecule has 2 aromatic carbocycles. The lowest BCUT2D eigenvalue weighted by atomic mass is 9.87. The Balaban J connectivity index is 0.000000472. The van der Waals surface area contributed by atoms with Gasteiger partial charge < -0.3 is 30.0 Å². The number of nitrogens with zero attached hydrogens (tertiary/aromatic N) is 4. The van der Waals surface area contributed by atoms with Crippen molar-refractivity contribution < 1.29 is 23.5 Å². The van der Waals surface area contributed by atoms with Crippen molar-refractivity contribution in [2.24, 2.45) is 11.6 Å². The Labute approximate surface area is 258 Å². The number of ether oxygens (including phenoxy) is 2. The molecule has 2 amide bonds. The molecule has 0 bridgehead atoms. The molecule has 2 atom stereocenters. The van der Waals surface area contributed by atoms with E-state index in [1.54, 1.807) is 18.2 Å². The summed E-state index contributed by atoms with van der Waals surface area (Å²) in [5, 5.41) is 3.66. The van der Waals surface area contributed by atoms with E-state index in [9.17, 15) is 14.0 Å². The van der Waals surface area contributed by atoms with E-state index >= 15 is 0 Å². The van der Waals surface area contributed by atoms with E-state index in [-0.39, 0.29) is 18.6 Å². The summed E-state index contributed by atoms with van der Waals surface area (Å²) in [5.41, 5.74) is 7.22. The molecule has 10 nitrogen and oxygen atoms in total. The minimum atomic E-state index is -0.787. The van der Waals surface area contributed by atoms with Crippen molar-refractivity contribution >= 4 is 46.3 Å². The zero-order valence-corrected chi connectivity index (χ0v) is 25.6. The summed E-state index contributed by atoms with van der Waals surface area (Å²) in [6.45, 7) is 3.23. The van der Waals surface area contributed by atoms with Gasteiger partial charge in [-0.25, -0.2) is 10.8 Å². The van der Waals surface area contributed by atoms with Crippen LogP contribution < -0.4 is 21.1 Å². The van der Waals surface area contributed by atoms with Gasteiger partial charge in [-0.3, -0.25) is 9.59 Å². The summed E-state index contributed by atoms with van der Waals surface area (Å²) >= 11 is 14.0. The Morgan fingerprint density at radius 1 is 1.30 bits per heavy atom. The molecule has 2 saturated heterocycles. The maximum atomic E-state index is 13.2. The molecule has 0 saturated carbocycles. The number of aryl methyl sites for hydroxylation is 1. The van der Waals surface area contributed by atoms with Crippen molar-refractivity contribution in [1.82, 2.24) is 19.8 Å². The van der Waals surface area contributed by atoms with E-state index in [1.807, 2.05) is 36.1 Å². The van der Waals surface area contributed by atoms with Crippen LogP contribution in [0.4, 0.5) is 4.39 Å². The summed E-state index contributed by atoms with van der Waals surface area (Å²) in [5.74, 6) is 5.16. The van der Waals surface area contributed by atoms with E-state index < -0.39 is 11.5 Å². The molecule has 0 aliphatic carbocycles. The number of pyridine rings is 1. The number of hydrogen-bond acceptors (Lipinski definition) is 8. The molecule has 6 rings (SSSR count). The average molecular weight is 632 g/mol. The van der Waals surface area contributed by atoms with E-state index in [0.29, 0.717) is 46.7 Å². The van der Waals surface area contributed by atoms with Crippen LogP contribution in [-0.2, 0) is 16.1 Å². The third-order valence-corrected chi connectivity index (χ3v) is 8.99. The zero-order chi connectivity index (χ0) is 31.1. The van der Waals surface area contributed by atoms with E-state index in [1.165, 1.54) is 7.05 Å². The molecule has 4 heterocycles. The van der Waals surface area contributed by atoms with Gasteiger partial charge in [-0.15, -0.1) is 0 Å². The number of benzene rings is 2. The fourth-order valence-corrected chi connectivity index (χ4v) is 7.27. The number of rotatable bonds is 4. The number of carbonyl (C=O) groups excluding carboxylic acids is 2. The van der Waals surface area contributed by atoms with Crippen molar-refractivity contribution in [3.8, 4) is 22.8 Å².